The molecule has 5 nitrogen and oxygen atoms in total. The molecule has 0 bridgehead atoms. The van der Waals surface area contributed by atoms with Crippen LogP contribution in [-0.2, 0) is 9.59 Å². The monoisotopic (exact) mass is 268 g/mol. The quantitative estimate of drug-likeness (QED) is 0.676. The van der Waals surface area contributed by atoms with Crippen LogP contribution in [0, 0.1) is 0 Å². The Hall–Kier alpha value is -1.10. The van der Waals surface area contributed by atoms with Crippen molar-refractivity contribution in [1.82, 2.24) is 10.6 Å². The van der Waals surface area contributed by atoms with Crippen LogP contribution in [0.25, 0.3) is 0 Å². The second-order valence-corrected chi connectivity index (χ2v) is 6.12. The minimum absolute atomic E-state index is 0.158. The van der Waals surface area contributed by atoms with E-state index in [9.17, 15) is 14.7 Å². The molecule has 0 aromatic rings. The number of amides is 1. The molecule has 3 N–H and O–H groups in total. The molecule has 0 aromatic carbocycles. The third kappa shape index (κ3) is 2.91. The highest BCUT2D eigenvalue weighted by atomic mass is 16.4. The Morgan fingerprint density at radius 3 is 2.16 bits per heavy atom. The van der Waals surface area contributed by atoms with Crippen molar-refractivity contribution < 1.29 is 14.7 Å². The van der Waals surface area contributed by atoms with E-state index in [1.54, 1.807) is 0 Å². The Labute approximate surface area is 114 Å². The van der Waals surface area contributed by atoms with E-state index in [1.807, 2.05) is 6.92 Å². The average molecular weight is 268 g/mol. The first-order chi connectivity index (χ1) is 8.99. The zero-order valence-electron chi connectivity index (χ0n) is 11.6. The lowest BCUT2D eigenvalue weighted by molar-refractivity contribution is -0.149. The molecule has 1 aliphatic heterocycles. The molecule has 0 spiro atoms. The van der Waals surface area contributed by atoms with Gasteiger partial charge in [0.2, 0.25) is 5.91 Å². The van der Waals surface area contributed by atoms with E-state index in [2.05, 4.69) is 10.6 Å². The molecule has 1 aliphatic carbocycles. The summed E-state index contributed by atoms with van der Waals surface area (Å²) in [5.41, 5.74) is -1.66. The summed E-state index contributed by atoms with van der Waals surface area (Å²) in [7, 11) is 0. The lowest BCUT2D eigenvalue weighted by Gasteiger charge is -2.33. The fourth-order valence-electron chi connectivity index (χ4n) is 3.17. The van der Waals surface area contributed by atoms with E-state index < -0.39 is 17.0 Å². The fourth-order valence-corrected chi connectivity index (χ4v) is 3.17. The zero-order chi connectivity index (χ0) is 13.9. The van der Waals surface area contributed by atoms with E-state index >= 15 is 0 Å². The topological polar surface area (TPSA) is 78.4 Å². The van der Waals surface area contributed by atoms with E-state index in [4.69, 9.17) is 0 Å². The second-order valence-electron chi connectivity index (χ2n) is 6.12. The van der Waals surface area contributed by atoms with Gasteiger partial charge in [0, 0.05) is 0 Å². The van der Waals surface area contributed by atoms with Crippen molar-refractivity contribution in [3.8, 4) is 0 Å². The molecular weight excluding hydrogens is 244 g/mol. The molecule has 19 heavy (non-hydrogen) atoms. The largest absolute Gasteiger partial charge is 0.480 e. The summed E-state index contributed by atoms with van der Waals surface area (Å²) in [6, 6.07) is 0. The highest BCUT2D eigenvalue weighted by Gasteiger charge is 2.45. The van der Waals surface area contributed by atoms with Crippen molar-refractivity contribution in [3.05, 3.63) is 0 Å². The van der Waals surface area contributed by atoms with Gasteiger partial charge in [0.05, 0.1) is 5.54 Å². The summed E-state index contributed by atoms with van der Waals surface area (Å²) >= 11 is 0. The first-order valence-corrected chi connectivity index (χ1v) is 7.30. The van der Waals surface area contributed by atoms with Gasteiger partial charge in [0.15, 0.2) is 0 Å². The lowest BCUT2D eigenvalue weighted by atomic mass is 9.88. The number of hydrogen-bond acceptors (Lipinski definition) is 3. The number of carbonyl (C=O) groups excluding carboxylic acids is 1. The van der Waals surface area contributed by atoms with E-state index in [0.29, 0.717) is 12.8 Å². The number of carboxylic acid groups (broad SMARTS) is 1. The highest BCUT2D eigenvalue weighted by Crippen LogP contribution is 2.29. The summed E-state index contributed by atoms with van der Waals surface area (Å²) in [5, 5.41) is 15.6. The van der Waals surface area contributed by atoms with Crippen molar-refractivity contribution in [1.29, 1.82) is 0 Å². The Bertz CT molecular complexity index is 354. The maximum absolute atomic E-state index is 12.4. The maximum Gasteiger partial charge on any atom is 0.329 e. The number of nitrogens with one attached hydrogen (secondary N) is 2. The van der Waals surface area contributed by atoms with Crippen molar-refractivity contribution in [3.63, 3.8) is 0 Å². The van der Waals surface area contributed by atoms with Crippen molar-refractivity contribution >= 4 is 11.9 Å². The van der Waals surface area contributed by atoms with Gasteiger partial charge < -0.3 is 15.7 Å². The number of carbonyl (C=O) groups is 2. The standard InChI is InChI=1S/C14H24N2O3/c1-13(7-6-10-15-13)11(17)16-14(12(18)19)8-4-2-3-5-9-14/h15H,2-10H2,1H3,(H,16,17)(H,18,19). The lowest BCUT2D eigenvalue weighted by Crippen LogP contribution is -2.61. The van der Waals surface area contributed by atoms with Crippen LogP contribution in [0.3, 0.4) is 0 Å². The Morgan fingerprint density at radius 2 is 1.68 bits per heavy atom. The molecule has 5 heteroatoms. The van der Waals surface area contributed by atoms with Crippen LogP contribution in [0.15, 0.2) is 0 Å². The number of rotatable bonds is 3. The SMILES string of the molecule is CC1(C(=O)NC2(C(=O)O)CCCCCC2)CCCN1. The van der Waals surface area contributed by atoms with Crippen LogP contribution in [0.2, 0.25) is 0 Å². The minimum Gasteiger partial charge on any atom is -0.480 e. The summed E-state index contributed by atoms with van der Waals surface area (Å²) in [5.74, 6) is -1.04. The molecule has 1 atom stereocenters. The first kappa shape index (κ1) is 14.3. The number of aliphatic carboxylic acids is 1. The van der Waals surface area contributed by atoms with Gasteiger partial charge in [-0.15, -0.1) is 0 Å². The van der Waals surface area contributed by atoms with Gasteiger partial charge in [-0.1, -0.05) is 25.7 Å². The third-order valence-electron chi connectivity index (χ3n) is 4.59. The van der Waals surface area contributed by atoms with Crippen LogP contribution in [0.5, 0.6) is 0 Å². The molecule has 1 saturated carbocycles. The normalized spacial score (nSPS) is 30.6. The minimum atomic E-state index is -1.05. The van der Waals surface area contributed by atoms with Gasteiger partial charge >= 0.3 is 5.97 Å². The molecule has 1 unspecified atom stereocenters. The molecule has 1 saturated heterocycles. The predicted molar refractivity (Wildman–Crippen MR) is 71.9 cm³/mol. The second kappa shape index (κ2) is 5.49. The maximum atomic E-state index is 12.4. The van der Waals surface area contributed by atoms with Crippen LogP contribution in [0.4, 0.5) is 0 Å². The molecule has 2 rings (SSSR count). The fraction of sp³-hybridized carbons (Fsp3) is 0.857. The van der Waals surface area contributed by atoms with E-state index in [1.165, 1.54) is 0 Å². The summed E-state index contributed by atoms with van der Waals surface area (Å²) in [6.45, 7) is 2.69. The Balaban J connectivity index is 2.11. The van der Waals surface area contributed by atoms with Gasteiger partial charge in [-0.05, 0) is 39.2 Å². The Morgan fingerprint density at radius 1 is 1.05 bits per heavy atom. The highest BCUT2D eigenvalue weighted by molar-refractivity contribution is 5.92. The smallest absolute Gasteiger partial charge is 0.329 e. The van der Waals surface area contributed by atoms with Gasteiger partial charge in [0.1, 0.15) is 5.54 Å². The molecule has 1 heterocycles. The third-order valence-corrected chi connectivity index (χ3v) is 4.59. The van der Waals surface area contributed by atoms with Crippen LogP contribution >= 0.6 is 0 Å². The van der Waals surface area contributed by atoms with Crippen molar-refractivity contribution in [2.45, 2.75) is 69.4 Å². The molecule has 2 aliphatic rings. The molecule has 1 amide bonds. The van der Waals surface area contributed by atoms with E-state index in [-0.39, 0.29) is 5.91 Å². The van der Waals surface area contributed by atoms with Crippen molar-refractivity contribution in [2.24, 2.45) is 0 Å². The number of carboxylic acids is 1. The predicted octanol–water partition coefficient (Wildman–Crippen LogP) is 1.42. The van der Waals surface area contributed by atoms with Gasteiger partial charge in [-0.2, -0.15) is 0 Å². The van der Waals surface area contributed by atoms with Gasteiger partial charge in [-0.3, -0.25) is 4.79 Å². The summed E-state index contributed by atoms with van der Waals surface area (Å²) in [4.78, 5) is 24.1. The van der Waals surface area contributed by atoms with Crippen LogP contribution in [0.1, 0.15) is 58.3 Å². The average Bonchev–Trinajstić information content (AvgIpc) is 2.67. The molecule has 0 aromatic heterocycles. The van der Waals surface area contributed by atoms with E-state index in [0.717, 1.165) is 45.1 Å². The first-order valence-electron chi connectivity index (χ1n) is 7.30. The summed E-state index contributed by atoms with van der Waals surface area (Å²) < 4.78 is 0. The van der Waals surface area contributed by atoms with Gasteiger partial charge in [-0.25, -0.2) is 4.79 Å². The Kier molecular flexibility index (Phi) is 4.13. The van der Waals surface area contributed by atoms with Gasteiger partial charge in [0.25, 0.3) is 0 Å². The molecule has 108 valence electrons. The van der Waals surface area contributed by atoms with Crippen molar-refractivity contribution in [2.75, 3.05) is 6.54 Å². The molecule has 2 fully saturated rings. The molecule has 0 radical (unpaired) electrons. The van der Waals surface area contributed by atoms with Crippen LogP contribution < -0.4 is 10.6 Å². The number of hydrogen-bond donors (Lipinski definition) is 3. The molecular formula is C14H24N2O3. The van der Waals surface area contributed by atoms with Crippen LogP contribution in [-0.4, -0.2) is 34.6 Å². The summed E-state index contributed by atoms with van der Waals surface area (Å²) in [6.07, 6.45) is 6.68. The zero-order valence-corrected chi connectivity index (χ0v) is 11.6.